The Labute approximate surface area is 139 Å². The molecule has 122 valence electrons. The van der Waals surface area contributed by atoms with Crippen LogP contribution in [0, 0.1) is 0 Å². The van der Waals surface area contributed by atoms with Gasteiger partial charge in [-0.15, -0.1) is 0 Å². The standard InChI is InChI=1S/C16H20N4O2S/c1-12(22-14-5-3-2-4-6-14)16(21)18-13-7-9-20(10-8-13)15-11-17-23-19-15/h2-6,11-13H,7-10H2,1H3,(H,18,21)/t12-/m0/s1. The highest BCUT2D eigenvalue weighted by Gasteiger charge is 2.24. The molecule has 0 radical (unpaired) electrons. The van der Waals surface area contributed by atoms with Crippen LogP contribution in [0.3, 0.4) is 0 Å². The number of carbonyl (C=O) groups is 1. The summed E-state index contributed by atoms with van der Waals surface area (Å²) in [5.74, 6) is 1.57. The average Bonchev–Trinajstić information content (AvgIpc) is 3.11. The molecule has 3 rings (SSSR count). The number of anilines is 1. The van der Waals surface area contributed by atoms with E-state index in [-0.39, 0.29) is 11.9 Å². The monoisotopic (exact) mass is 332 g/mol. The molecule has 0 saturated carbocycles. The average molecular weight is 332 g/mol. The molecule has 23 heavy (non-hydrogen) atoms. The van der Waals surface area contributed by atoms with E-state index in [2.05, 4.69) is 19.0 Å². The Bertz CT molecular complexity index is 612. The summed E-state index contributed by atoms with van der Waals surface area (Å²) in [7, 11) is 0. The first-order valence-corrected chi connectivity index (χ1v) is 8.50. The molecular formula is C16H20N4O2S. The van der Waals surface area contributed by atoms with Crippen LogP contribution in [-0.4, -0.2) is 39.9 Å². The molecule has 1 aromatic heterocycles. The van der Waals surface area contributed by atoms with Gasteiger partial charge < -0.3 is 15.0 Å². The largest absolute Gasteiger partial charge is 0.481 e. The highest BCUT2D eigenvalue weighted by Crippen LogP contribution is 2.18. The third-order valence-electron chi connectivity index (χ3n) is 3.94. The number of hydrogen-bond acceptors (Lipinski definition) is 6. The quantitative estimate of drug-likeness (QED) is 0.908. The lowest BCUT2D eigenvalue weighted by molar-refractivity contribution is -0.128. The van der Waals surface area contributed by atoms with Crippen LogP contribution in [-0.2, 0) is 4.79 Å². The van der Waals surface area contributed by atoms with Crippen LogP contribution in [0.5, 0.6) is 5.75 Å². The minimum atomic E-state index is -0.502. The second kappa shape index (κ2) is 7.41. The Hall–Kier alpha value is -2.15. The first-order chi connectivity index (χ1) is 11.2. The lowest BCUT2D eigenvalue weighted by atomic mass is 10.0. The van der Waals surface area contributed by atoms with Gasteiger partial charge in [-0.3, -0.25) is 4.79 Å². The molecule has 2 heterocycles. The predicted molar refractivity (Wildman–Crippen MR) is 89.8 cm³/mol. The molecule has 1 atom stereocenters. The summed E-state index contributed by atoms with van der Waals surface area (Å²) < 4.78 is 13.9. The van der Waals surface area contributed by atoms with E-state index >= 15 is 0 Å². The summed E-state index contributed by atoms with van der Waals surface area (Å²) in [6.45, 7) is 3.53. The summed E-state index contributed by atoms with van der Waals surface area (Å²) in [6, 6.07) is 9.59. The van der Waals surface area contributed by atoms with Crippen molar-refractivity contribution in [2.24, 2.45) is 0 Å². The van der Waals surface area contributed by atoms with Gasteiger partial charge in [0.15, 0.2) is 11.9 Å². The zero-order chi connectivity index (χ0) is 16.1. The van der Waals surface area contributed by atoms with E-state index in [1.807, 2.05) is 30.3 Å². The van der Waals surface area contributed by atoms with Crippen LogP contribution >= 0.6 is 11.7 Å². The van der Waals surface area contributed by atoms with Crippen molar-refractivity contribution in [3.8, 4) is 5.75 Å². The van der Waals surface area contributed by atoms with Crippen molar-refractivity contribution >= 4 is 23.5 Å². The van der Waals surface area contributed by atoms with Crippen LogP contribution in [0.1, 0.15) is 19.8 Å². The Morgan fingerprint density at radius 3 is 2.74 bits per heavy atom. The van der Waals surface area contributed by atoms with Crippen molar-refractivity contribution in [2.45, 2.75) is 31.9 Å². The van der Waals surface area contributed by atoms with Crippen molar-refractivity contribution in [2.75, 3.05) is 18.0 Å². The van der Waals surface area contributed by atoms with Gasteiger partial charge in [0.1, 0.15) is 5.75 Å². The van der Waals surface area contributed by atoms with Crippen LogP contribution in [0.15, 0.2) is 36.5 Å². The molecule has 1 aromatic carbocycles. The molecule has 1 N–H and O–H groups in total. The first kappa shape index (κ1) is 15.7. The van der Waals surface area contributed by atoms with E-state index in [9.17, 15) is 4.79 Å². The minimum Gasteiger partial charge on any atom is -0.481 e. The second-order valence-corrected chi connectivity index (χ2v) is 6.17. The van der Waals surface area contributed by atoms with Crippen molar-refractivity contribution in [1.82, 2.24) is 14.1 Å². The molecule has 1 aliphatic heterocycles. The van der Waals surface area contributed by atoms with Gasteiger partial charge >= 0.3 is 0 Å². The Balaban J connectivity index is 1.45. The van der Waals surface area contributed by atoms with Gasteiger partial charge in [-0.1, -0.05) is 18.2 Å². The molecular weight excluding hydrogens is 312 g/mol. The fourth-order valence-corrected chi connectivity index (χ4v) is 3.06. The summed E-state index contributed by atoms with van der Waals surface area (Å²) in [5.41, 5.74) is 0. The van der Waals surface area contributed by atoms with Crippen LogP contribution < -0.4 is 15.0 Å². The van der Waals surface area contributed by atoms with E-state index in [0.29, 0.717) is 5.75 Å². The number of piperidine rings is 1. The number of ether oxygens (including phenoxy) is 1. The van der Waals surface area contributed by atoms with Crippen LogP contribution in [0.25, 0.3) is 0 Å². The highest BCUT2D eigenvalue weighted by molar-refractivity contribution is 6.99. The molecule has 0 spiro atoms. The molecule has 1 fully saturated rings. The lowest BCUT2D eigenvalue weighted by Crippen LogP contribution is -2.48. The fourth-order valence-electron chi connectivity index (χ4n) is 2.63. The normalized spacial score (nSPS) is 16.8. The van der Waals surface area contributed by atoms with Gasteiger partial charge in [-0.25, -0.2) is 0 Å². The number of amides is 1. The second-order valence-electron chi connectivity index (χ2n) is 5.61. The maximum Gasteiger partial charge on any atom is 0.260 e. The minimum absolute atomic E-state index is 0.0670. The molecule has 1 aliphatic rings. The molecule has 0 unspecified atom stereocenters. The number of rotatable bonds is 5. The fraction of sp³-hybridized carbons (Fsp3) is 0.438. The van der Waals surface area contributed by atoms with E-state index in [1.54, 1.807) is 13.1 Å². The van der Waals surface area contributed by atoms with Gasteiger partial charge in [0, 0.05) is 19.1 Å². The molecule has 2 aromatic rings. The highest BCUT2D eigenvalue weighted by atomic mass is 32.1. The zero-order valence-corrected chi connectivity index (χ0v) is 13.8. The Morgan fingerprint density at radius 1 is 1.35 bits per heavy atom. The third kappa shape index (κ3) is 4.19. The van der Waals surface area contributed by atoms with E-state index in [4.69, 9.17) is 4.74 Å². The number of hydrogen-bond donors (Lipinski definition) is 1. The van der Waals surface area contributed by atoms with E-state index in [0.717, 1.165) is 31.7 Å². The molecule has 0 aliphatic carbocycles. The Kier molecular flexibility index (Phi) is 5.07. The van der Waals surface area contributed by atoms with Gasteiger partial charge in [0.2, 0.25) is 0 Å². The van der Waals surface area contributed by atoms with Crippen molar-refractivity contribution in [1.29, 1.82) is 0 Å². The number of carbonyl (C=O) groups excluding carboxylic acids is 1. The van der Waals surface area contributed by atoms with Gasteiger partial charge in [0.05, 0.1) is 17.9 Å². The number of nitrogens with zero attached hydrogens (tertiary/aromatic N) is 3. The van der Waals surface area contributed by atoms with E-state index in [1.165, 1.54) is 11.7 Å². The number of nitrogens with one attached hydrogen (secondary N) is 1. The van der Waals surface area contributed by atoms with Crippen LogP contribution in [0.4, 0.5) is 5.82 Å². The maximum atomic E-state index is 12.3. The molecule has 6 nitrogen and oxygen atoms in total. The molecule has 1 saturated heterocycles. The maximum absolute atomic E-state index is 12.3. The van der Waals surface area contributed by atoms with Crippen molar-refractivity contribution in [3.05, 3.63) is 36.5 Å². The van der Waals surface area contributed by atoms with Gasteiger partial charge in [-0.05, 0) is 31.9 Å². The first-order valence-electron chi connectivity index (χ1n) is 7.77. The van der Waals surface area contributed by atoms with Crippen molar-refractivity contribution in [3.63, 3.8) is 0 Å². The summed E-state index contributed by atoms with van der Waals surface area (Å²) in [6.07, 6.45) is 3.10. The summed E-state index contributed by atoms with van der Waals surface area (Å²) in [4.78, 5) is 14.5. The van der Waals surface area contributed by atoms with Gasteiger partial charge in [-0.2, -0.15) is 8.75 Å². The van der Waals surface area contributed by atoms with E-state index < -0.39 is 6.10 Å². The molecule has 1 amide bonds. The predicted octanol–water partition coefficient (Wildman–Crippen LogP) is 2.09. The SMILES string of the molecule is C[C@H](Oc1ccccc1)C(=O)NC1CCN(c2cnsn2)CC1. The Morgan fingerprint density at radius 2 is 2.09 bits per heavy atom. The zero-order valence-electron chi connectivity index (χ0n) is 13.0. The molecule has 7 heteroatoms. The van der Waals surface area contributed by atoms with Crippen LogP contribution in [0.2, 0.25) is 0 Å². The number of benzene rings is 1. The number of para-hydroxylation sites is 1. The van der Waals surface area contributed by atoms with Crippen molar-refractivity contribution < 1.29 is 9.53 Å². The topological polar surface area (TPSA) is 67.3 Å². The third-order valence-corrected chi connectivity index (χ3v) is 4.41. The summed E-state index contributed by atoms with van der Waals surface area (Å²) in [5, 5.41) is 3.08. The summed E-state index contributed by atoms with van der Waals surface area (Å²) >= 11 is 1.22. The smallest absolute Gasteiger partial charge is 0.260 e. The lowest BCUT2D eigenvalue weighted by Gasteiger charge is -2.32. The number of aromatic nitrogens is 2. The molecule has 0 bridgehead atoms. The van der Waals surface area contributed by atoms with Gasteiger partial charge in [0.25, 0.3) is 5.91 Å².